The Labute approximate surface area is 150 Å². The highest BCUT2D eigenvalue weighted by Gasteiger charge is 2.13. The molecule has 1 aliphatic heterocycles. The first kappa shape index (κ1) is 15.9. The predicted octanol–water partition coefficient (Wildman–Crippen LogP) is 3.07. The van der Waals surface area contributed by atoms with Crippen molar-refractivity contribution >= 4 is 17.5 Å². The highest BCUT2D eigenvalue weighted by molar-refractivity contribution is 6.03. The van der Waals surface area contributed by atoms with Crippen LogP contribution in [0.5, 0.6) is 11.5 Å². The van der Waals surface area contributed by atoms with E-state index in [4.69, 9.17) is 9.47 Å². The number of carbonyl (C=O) groups is 1. The van der Waals surface area contributed by atoms with Crippen LogP contribution in [0.15, 0.2) is 60.9 Å². The van der Waals surface area contributed by atoms with Crippen molar-refractivity contribution in [1.29, 1.82) is 0 Å². The molecule has 0 bridgehead atoms. The van der Waals surface area contributed by atoms with Crippen LogP contribution in [-0.2, 0) is 6.54 Å². The summed E-state index contributed by atoms with van der Waals surface area (Å²) in [4.78, 5) is 20.6. The first-order valence-electron chi connectivity index (χ1n) is 8.09. The number of benzene rings is 2. The summed E-state index contributed by atoms with van der Waals surface area (Å²) in [6.45, 7) is 0.786. The first-order valence-corrected chi connectivity index (χ1v) is 8.09. The van der Waals surface area contributed by atoms with E-state index in [0.29, 0.717) is 18.1 Å². The number of fused-ring (bicyclic) bond motifs is 1. The Morgan fingerprint density at radius 1 is 1.00 bits per heavy atom. The van der Waals surface area contributed by atoms with Gasteiger partial charge in [-0.15, -0.1) is 0 Å². The van der Waals surface area contributed by atoms with E-state index in [1.807, 2.05) is 48.5 Å². The van der Waals surface area contributed by atoms with E-state index in [-0.39, 0.29) is 12.7 Å². The molecule has 0 spiro atoms. The van der Waals surface area contributed by atoms with E-state index in [0.717, 1.165) is 22.7 Å². The number of aromatic nitrogens is 2. The summed E-state index contributed by atoms with van der Waals surface area (Å²) in [5.74, 6) is 1.68. The molecule has 26 heavy (non-hydrogen) atoms. The Kier molecular flexibility index (Phi) is 4.34. The largest absolute Gasteiger partial charge is 0.454 e. The fourth-order valence-corrected chi connectivity index (χ4v) is 2.49. The minimum atomic E-state index is -0.251. The molecule has 0 fully saturated rings. The van der Waals surface area contributed by atoms with Gasteiger partial charge in [0.15, 0.2) is 11.5 Å². The summed E-state index contributed by atoms with van der Waals surface area (Å²) in [5, 5.41) is 5.91. The summed E-state index contributed by atoms with van der Waals surface area (Å²) in [6.07, 6.45) is 2.99. The van der Waals surface area contributed by atoms with E-state index >= 15 is 0 Å². The molecule has 7 heteroatoms. The molecule has 130 valence electrons. The molecule has 0 aliphatic carbocycles. The van der Waals surface area contributed by atoms with E-state index < -0.39 is 0 Å². The molecule has 0 saturated carbocycles. The normalized spacial score (nSPS) is 11.8. The van der Waals surface area contributed by atoms with E-state index in [2.05, 4.69) is 20.6 Å². The smallest absolute Gasteiger partial charge is 0.258 e. The fraction of sp³-hybridized carbons (Fsp3) is 0.105. The minimum absolute atomic E-state index is 0.251. The van der Waals surface area contributed by atoms with Gasteiger partial charge in [0.2, 0.25) is 12.7 Å². The lowest BCUT2D eigenvalue weighted by atomic mass is 10.2. The van der Waals surface area contributed by atoms with Crippen molar-refractivity contribution in [3.63, 3.8) is 0 Å². The number of hydrogen-bond donors (Lipinski definition) is 2. The number of para-hydroxylation sites is 1. The van der Waals surface area contributed by atoms with Crippen molar-refractivity contribution in [2.24, 2.45) is 0 Å². The summed E-state index contributed by atoms with van der Waals surface area (Å²) >= 11 is 0. The van der Waals surface area contributed by atoms with Crippen molar-refractivity contribution in [2.75, 3.05) is 17.4 Å². The van der Waals surface area contributed by atoms with Crippen molar-refractivity contribution in [3.05, 3.63) is 72.1 Å². The maximum atomic E-state index is 12.2. The maximum absolute atomic E-state index is 12.2. The van der Waals surface area contributed by atoms with Crippen LogP contribution < -0.4 is 20.1 Å². The molecule has 1 aromatic heterocycles. The molecule has 1 amide bonds. The van der Waals surface area contributed by atoms with Gasteiger partial charge in [-0.05, 0) is 29.8 Å². The molecule has 3 aromatic rings. The highest BCUT2D eigenvalue weighted by Crippen LogP contribution is 2.32. The van der Waals surface area contributed by atoms with Gasteiger partial charge in [-0.25, -0.2) is 9.97 Å². The molecule has 4 rings (SSSR count). The number of rotatable bonds is 5. The zero-order valence-corrected chi connectivity index (χ0v) is 13.8. The Morgan fingerprint density at radius 2 is 1.77 bits per heavy atom. The van der Waals surface area contributed by atoms with Crippen LogP contribution in [-0.4, -0.2) is 22.7 Å². The summed E-state index contributed by atoms with van der Waals surface area (Å²) < 4.78 is 10.6. The minimum Gasteiger partial charge on any atom is -0.454 e. The first-order chi connectivity index (χ1) is 12.8. The standard InChI is InChI=1S/C19H16N4O3/c24-18(23-15-4-2-1-3-5-15)14-10-21-19(22-11-14)20-9-13-6-7-16-17(8-13)26-12-25-16/h1-8,10-11H,9,12H2,(H,23,24)(H,20,21,22). The van der Waals surface area contributed by atoms with Gasteiger partial charge in [-0.2, -0.15) is 0 Å². The van der Waals surface area contributed by atoms with Crippen molar-refractivity contribution < 1.29 is 14.3 Å². The second-order valence-electron chi connectivity index (χ2n) is 5.66. The number of nitrogens with zero attached hydrogens (tertiary/aromatic N) is 2. The SMILES string of the molecule is O=C(Nc1ccccc1)c1cnc(NCc2ccc3c(c2)OCO3)nc1. The van der Waals surface area contributed by atoms with Crippen molar-refractivity contribution in [2.45, 2.75) is 6.54 Å². The second-order valence-corrected chi connectivity index (χ2v) is 5.66. The number of carbonyl (C=O) groups excluding carboxylic acids is 1. The van der Waals surface area contributed by atoms with Gasteiger partial charge in [0.25, 0.3) is 5.91 Å². The summed E-state index contributed by atoms with van der Waals surface area (Å²) in [6, 6.07) is 15.0. The number of anilines is 2. The third kappa shape index (κ3) is 3.56. The van der Waals surface area contributed by atoms with Gasteiger partial charge in [-0.3, -0.25) is 4.79 Å². The Bertz CT molecular complexity index is 914. The van der Waals surface area contributed by atoms with Crippen LogP contribution in [0.4, 0.5) is 11.6 Å². The average molecular weight is 348 g/mol. The molecule has 1 aliphatic rings. The zero-order chi connectivity index (χ0) is 17.8. The molecular weight excluding hydrogens is 332 g/mol. The molecule has 2 heterocycles. The van der Waals surface area contributed by atoms with Crippen molar-refractivity contribution in [1.82, 2.24) is 9.97 Å². The van der Waals surface area contributed by atoms with Gasteiger partial charge in [0.05, 0.1) is 5.56 Å². The molecular formula is C19H16N4O3. The van der Waals surface area contributed by atoms with Crippen LogP contribution in [0.3, 0.4) is 0 Å². The molecule has 2 aromatic carbocycles. The third-order valence-electron chi connectivity index (χ3n) is 3.83. The molecule has 0 atom stereocenters. The van der Waals surface area contributed by atoms with E-state index in [1.165, 1.54) is 12.4 Å². The average Bonchev–Trinajstić information content (AvgIpc) is 3.15. The van der Waals surface area contributed by atoms with Gasteiger partial charge < -0.3 is 20.1 Å². The lowest BCUT2D eigenvalue weighted by Gasteiger charge is -2.07. The lowest BCUT2D eigenvalue weighted by Crippen LogP contribution is -2.13. The van der Waals surface area contributed by atoms with Gasteiger partial charge in [0, 0.05) is 24.6 Å². The van der Waals surface area contributed by atoms with Crippen LogP contribution in [0.25, 0.3) is 0 Å². The fourth-order valence-electron chi connectivity index (χ4n) is 2.49. The molecule has 0 saturated heterocycles. The maximum Gasteiger partial charge on any atom is 0.258 e. The van der Waals surface area contributed by atoms with Gasteiger partial charge >= 0.3 is 0 Å². The lowest BCUT2D eigenvalue weighted by molar-refractivity contribution is 0.102. The molecule has 0 radical (unpaired) electrons. The van der Waals surface area contributed by atoms with E-state index in [1.54, 1.807) is 0 Å². The summed E-state index contributed by atoms with van der Waals surface area (Å²) in [5.41, 5.74) is 2.13. The second kappa shape index (κ2) is 7.10. The molecule has 0 unspecified atom stereocenters. The molecule has 7 nitrogen and oxygen atoms in total. The van der Waals surface area contributed by atoms with Crippen LogP contribution >= 0.6 is 0 Å². The topological polar surface area (TPSA) is 85.4 Å². The number of ether oxygens (including phenoxy) is 2. The Morgan fingerprint density at radius 3 is 2.58 bits per heavy atom. The third-order valence-corrected chi connectivity index (χ3v) is 3.83. The van der Waals surface area contributed by atoms with Gasteiger partial charge in [-0.1, -0.05) is 24.3 Å². The van der Waals surface area contributed by atoms with Crippen LogP contribution in [0.2, 0.25) is 0 Å². The van der Waals surface area contributed by atoms with Crippen LogP contribution in [0.1, 0.15) is 15.9 Å². The predicted molar refractivity (Wildman–Crippen MR) is 96.3 cm³/mol. The number of hydrogen-bond acceptors (Lipinski definition) is 6. The van der Waals surface area contributed by atoms with E-state index in [9.17, 15) is 4.79 Å². The van der Waals surface area contributed by atoms with Crippen molar-refractivity contribution in [3.8, 4) is 11.5 Å². The monoisotopic (exact) mass is 348 g/mol. The Balaban J connectivity index is 1.36. The van der Waals surface area contributed by atoms with Crippen LogP contribution in [0, 0.1) is 0 Å². The highest BCUT2D eigenvalue weighted by atomic mass is 16.7. The summed E-state index contributed by atoms with van der Waals surface area (Å²) in [7, 11) is 0. The molecule has 2 N–H and O–H groups in total. The zero-order valence-electron chi connectivity index (χ0n) is 13.8. The Hall–Kier alpha value is -3.61. The van der Waals surface area contributed by atoms with Gasteiger partial charge in [0.1, 0.15) is 0 Å². The quantitative estimate of drug-likeness (QED) is 0.737. The number of amides is 1. The number of nitrogens with one attached hydrogen (secondary N) is 2.